The van der Waals surface area contributed by atoms with E-state index in [0.29, 0.717) is 19.1 Å². The van der Waals surface area contributed by atoms with Crippen LogP contribution in [0.15, 0.2) is 24.3 Å². The van der Waals surface area contributed by atoms with Crippen LogP contribution >= 0.6 is 22.6 Å². The van der Waals surface area contributed by atoms with Crippen molar-refractivity contribution in [3.05, 3.63) is 27.8 Å². The third-order valence-electron chi connectivity index (χ3n) is 4.29. The van der Waals surface area contributed by atoms with Crippen molar-refractivity contribution in [2.45, 2.75) is 18.9 Å². The molecule has 0 unspecified atom stereocenters. The van der Waals surface area contributed by atoms with Gasteiger partial charge in [0, 0.05) is 35.8 Å². The number of benzene rings is 1. The summed E-state index contributed by atoms with van der Waals surface area (Å²) in [5, 5.41) is 5.98. The van der Waals surface area contributed by atoms with Crippen molar-refractivity contribution in [1.82, 2.24) is 15.1 Å². The Hall–Kier alpha value is -1.19. The highest BCUT2D eigenvalue weighted by Crippen LogP contribution is 2.18. The molecule has 2 fully saturated rings. The number of piperazine rings is 1. The van der Waals surface area contributed by atoms with Crippen LogP contribution in [-0.4, -0.2) is 66.9 Å². The van der Waals surface area contributed by atoms with Gasteiger partial charge in [-0.1, -0.05) is 12.1 Å². The van der Waals surface area contributed by atoms with Crippen LogP contribution in [0.2, 0.25) is 0 Å². The van der Waals surface area contributed by atoms with E-state index in [1.807, 2.05) is 24.3 Å². The number of nitrogens with one attached hydrogen (secondary N) is 2. The molecule has 1 aliphatic carbocycles. The molecule has 1 saturated carbocycles. The molecule has 0 atom stereocenters. The van der Waals surface area contributed by atoms with Gasteiger partial charge in [0.2, 0.25) is 11.8 Å². The number of anilines is 1. The first-order valence-electron chi connectivity index (χ1n) is 8.38. The largest absolute Gasteiger partial charge is 0.352 e. The van der Waals surface area contributed by atoms with Crippen LogP contribution < -0.4 is 10.6 Å². The Morgan fingerprint density at radius 2 is 1.58 bits per heavy atom. The third-order valence-corrected chi connectivity index (χ3v) is 5.23. The molecule has 24 heavy (non-hydrogen) atoms. The summed E-state index contributed by atoms with van der Waals surface area (Å²) in [6.45, 7) is 4.15. The first kappa shape index (κ1) is 17.6. The monoisotopic (exact) mass is 442 g/mol. The van der Waals surface area contributed by atoms with Crippen molar-refractivity contribution in [1.29, 1.82) is 0 Å². The average Bonchev–Trinajstić information content (AvgIpc) is 3.35. The smallest absolute Gasteiger partial charge is 0.238 e. The van der Waals surface area contributed by atoms with Crippen LogP contribution in [0.4, 0.5) is 5.69 Å². The zero-order valence-corrected chi connectivity index (χ0v) is 15.8. The molecule has 2 aliphatic rings. The van der Waals surface area contributed by atoms with E-state index in [1.54, 1.807) is 0 Å². The van der Waals surface area contributed by atoms with E-state index in [-0.39, 0.29) is 11.8 Å². The topological polar surface area (TPSA) is 64.7 Å². The van der Waals surface area contributed by atoms with Crippen LogP contribution in [0.25, 0.3) is 0 Å². The van der Waals surface area contributed by atoms with Crippen LogP contribution in [0.1, 0.15) is 12.8 Å². The molecule has 0 aromatic heterocycles. The minimum absolute atomic E-state index is 0.0130. The maximum absolute atomic E-state index is 12.2. The zero-order valence-electron chi connectivity index (χ0n) is 13.6. The van der Waals surface area contributed by atoms with Crippen molar-refractivity contribution in [3.63, 3.8) is 0 Å². The molecule has 0 bridgehead atoms. The van der Waals surface area contributed by atoms with Crippen molar-refractivity contribution >= 4 is 40.1 Å². The van der Waals surface area contributed by atoms with E-state index in [9.17, 15) is 9.59 Å². The highest BCUT2D eigenvalue weighted by atomic mass is 127. The molecule has 1 saturated heterocycles. The second kappa shape index (κ2) is 8.26. The summed E-state index contributed by atoms with van der Waals surface area (Å²) in [7, 11) is 0. The molecule has 0 radical (unpaired) electrons. The van der Waals surface area contributed by atoms with Gasteiger partial charge in [-0.3, -0.25) is 19.4 Å². The molecular formula is C17H23IN4O2. The van der Waals surface area contributed by atoms with Crippen LogP contribution in [-0.2, 0) is 9.59 Å². The molecule has 1 aromatic carbocycles. The molecule has 3 rings (SSSR count). The Kier molecular flexibility index (Phi) is 6.07. The first-order valence-corrected chi connectivity index (χ1v) is 9.46. The molecular weight excluding hydrogens is 419 g/mol. The number of hydrogen-bond acceptors (Lipinski definition) is 4. The molecule has 7 heteroatoms. The van der Waals surface area contributed by atoms with Gasteiger partial charge in [0.15, 0.2) is 0 Å². The number of halogens is 1. The van der Waals surface area contributed by atoms with E-state index in [1.165, 1.54) is 0 Å². The van der Waals surface area contributed by atoms with Gasteiger partial charge < -0.3 is 10.6 Å². The highest BCUT2D eigenvalue weighted by Gasteiger charge is 2.25. The number of hydrogen-bond donors (Lipinski definition) is 2. The number of carbonyl (C=O) groups excluding carboxylic acids is 2. The van der Waals surface area contributed by atoms with Crippen molar-refractivity contribution in [2.75, 3.05) is 44.6 Å². The fraction of sp³-hybridized carbons (Fsp3) is 0.529. The summed E-state index contributed by atoms with van der Waals surface area (Å²) in [4.78, 5) is 28.3. The highest BCUT2D eigenvalue weighted by molar-refractivity contribution is 14.1. The van der Waals surface area contributed by atoms with Gasteiger partial charge >= 0.3 is 0 Å². The van der Waals surface area contributed by atoms with E-state index in [0.717, 1.165) is 48.3 Å². The van der Waals surface area contributed by atoms with Gasteiger partial charge in [0.05, 0.1) is 18.8 Å². The SMILES string of the molecule is O=C(CN1CCN(CC(=O)NC2CC2)CC1)Nc1ccccc1I. The minimum atomic E-state index is 0.0130. The van der Waals surface area contributed by atoms with Crippen LogP contribution in [0.3, 0.4) is 0 Å². The van der Waals surface area contributed by atoms with Crippen LogP contribution in [0.5, 0.6) is 0 Å². The Morgan fingerprint density at radius 1 is 1.00 bits per heavy atom. The van der Waals surface area contributed by atoms with Gasteiger partial charge in [-0.05, 0) is 47.6 Å². The molecule has 2 amide bonds. The van der Waals surface area contributed by atoms with E-state index in [2.05, 4.69) is 43.0 Å². The predicted octanol–water partition coefficient (Wildman–Crippen LogP) is 1.13. The molecule has 1 aromatic rings. The Labute approximate surface area is 156 Å². The van der Waals surface area contributed by atoms with E-state index in [4.69, 9.17) is 0 Å². The maximum atomic E-state index is 12.2. The second-order valence-electron chi connectivity index (χ2n) is 6.42. The molecule has 1 heterocycles. The number of rotatable bonds is 6. The van der Waals surface area contributed by atoms with Crippen LogP contribution in [0, 0.1) is 3.57 Å². The average molecular weight is 442 g/mol. The normalized spacial score (nSPS) is 19.0. The van der Waals surface area contributed by atoms with Gasteiger partial charge in [0.25, 0.3) is 0 Å². The summed E-state index contributed by atoms with van der Waals surface area (Å²) in [5.41, 5.74) is 0.860. The lowest BCUT2D eigenvalue weighted by Crippen LogP contribution is -2.51. The fourth-order valence-corrected chi connectivity index (χ4v) is 3.29. The van der Waals surface area contributed by atoms with E-state index >= 15 is 0 Å². The number of amides is 2. The third kappa shape index (κ3) is 5.42. The lowest BCUT2D eigenvalue weighted by atomic mass is 10.3. The van der Waals surface area contributed by atoms with Gasteiger partial charge in [-0.15, -0.1) is 0 Å². The second-order valence-corrected chi connectivity index (χ2v) is 7.58. The maximum Gasteiger partial charge on any atom is 0.238 e. The van der Waals surface area contributed by atoms with Crippen molar-refractivity contribution in [2.24, 2.45) is 0 Å². The summed E-state index contributed by atoms with van der Waals surface area (Å²) >= 11 is 2.22. The molecule has 0 spiro atoms. The summed E-state index contributed by atoms with van der Waals surface area (Å²) < 4.78 is 1.04. The number of para-hydroxylation sites is 1. The minimum Gasteiger partial charge on any atom is -0.352 e. The quantitative estimate of drug-likeness (QED) is 0.649. The Balaban J connectivity index is 1.37. The van der Waals surface area contributed by atoms with Crippen molar-refractivity contribution < 1.29 is 9.59 Å². The molecule has 2 N–H and O–H groups in total. The zero-order chi connectivity index (χ0) is 16.9. The van der Waals surface area contributed by atoms with Gasteiger partial charge in [-0.2, -0.15) is 0 Å². The molecule has 130 valence electrons. The van der Waals surface area contributed by atoms with E-state index < -0.39 is 0 Å². The predicted molar refractivity (Wildman–Crippen MR) is 102 cm³/mol. The Morgan fingerprint density at radius 3 is 2.17 bits per heavy atom. The molecule has 1 aliphatic heterocycles. The summed E-state index contributed by atoms with van der Waals surface area (Å²) in [6, 6.07) is 8.18. The summed E-state index contributed by atoms with van der Waals surface area (Å²) in [5.74, 6) is 0.140. The summed E-state index contributed by atoms with van der Waals surface area (Å²) in [6.07, 6.45) is 2.24. The fourth-order valence-electron chi connectivity index (χ4n) is 2.76. The van der Waals surface area contributed by atoms with Gasteiger partial charge in [-0.25, -0.2) is 0 Å². The van der Waals surface area contributed by atoms with Crippen molar-refractivity contribution in [3.8, 4) is 0 Å². The Bertz CT molecular complexity index is 598. The number of nitrogens with zero attached hydrogens (tertiary/aromatic N) is 2. The number of carbonyl (C=O) groups is 2. The lowest BCUT2D eigenvalue weighted by Gasteiger charge is -2.33. The standard InChI is InChI=1S/C17H23IN4O2/c18-14-3-1-2-4-15(14)20-17(24)12-22-9-7-21(8-10-22)11-16(23)19-13-5-6-13/h1-4,13H,5-12H2,(H,19,23)(H,20,24). The lowest BCUT2D eigenvalue weighted by molar-refractivity contribution is -0.123. The molecule has 6 nitrogen and oxygen atoms in total. The van der Waals surface area contributed by atoms with Gasteiger partial charge in [0.1, 0.15) is 0 Å². The first-order chi connectivity index (χ1) is 11.6.